The van der Waals surface area contributed by atoms with E-state index in [0.29, 0.717) is 6.61 Å². The Kier molecular flexibility index (Phi) is 5.76. The highest BCUT2D eigenvalue weighted by Gasteiger charge is 2.28. The standard InChI is InChI=1S/C20H23BrN2O2/c1-15-20(24)22(2)11-12-23(15)13-14-25-19-9-5-17(6-10-19)16-3-7-18(21)8-4-16/h3-10,15H,11-14H2,1-2H3/t15-/m1/s1. The molecule has 2 aromatic carbocycles. The maximum absolute atomic E-state index is 12.0. The van der Waals surface area contributed by atoms with Crippen molar-refractivity contribution in [2.45, 2.75) is 13.0 Å². The van der Waals surface area contributed by atoms with Gasteiger partial charge in [-0.15, -0.1) is 0 Å². The van der Waals surface area contributed by atoms with Crippen molar-refractivity contribution in [1.82, 2.24) is 9.80 Å². The summed E-state index contributed by atoms with van der Waals surface area (Å²) in [5.41, 5.74) is 2.35. The molecule has 2 aromatic rings. The Morgan fingerprint density at radius 1 is 1.04 bits per heavy atom. The van der Waals surface area contributed by atoms with E-state index < -0.39 is 0 Å². The van der Waals surface area contributed by atoms with Gasteiger partial charge >= 0.3 is 0 Å². The fourth-order valence-corrected chi connectivity index (χ4v) is 3.29. The maximum Gasteiger partial charge on any atom is 0.239 e. The molecule has 0 unspecified atom stereocenters. The highest BCUT2D eigenvalue weighted by molar-refractivity contribution is 9.10. The van der Waals surface area contributed by atoms with Gasteiger partial charge in [-0.1, -0.05) is 40.2 Å². The summed E-state index contributed by atoms with van der Waals surface area (Å²) in [6.45, 7) is 4.99. The Balaban J connectivity index is 1.52. The van der Waals surface area contributed by atoms with Gasteiger partial charge in [0.15, 0.2) is 0 Å². The number of piperazine rings is 1. The average Bonchev–Trinajstić information content (AvgIpc) is 2.63. The molecule has 0 N–H and O–H groups in total. The van der Waals surface area contributed by atoms with Crippen LogP contribution < -0.4 is 4.74 Å². The van der Waals surface area contributed by atoms with Gasteiger partial charge in [-0.3, -0.25) is 9.69 Å². The van der Waals surface area contributed by atoms with Crippen LogP contribution in [0.25, 0.3) is 11.1 Å². The van der Waals surface area contributed by atoms with Crippen molar-refractivity contribution in [3.63, 3.8) is 0 Å². The average molecular weight is 403 g/mol. The summed E-state index contributed by atoms with van der Waals surface area (Å²) < 4.78 is 6.93. The number of ether oxygens (including phenoxy) is 1. The van der Waals surface area contributed by atoms with Crippen LogP contribution in [0.2, 0.25) is 0 Å². The minimum absolute atomic E-state index is 0.0675. The largest absolute Gasteiger partial charge is 0.492 e. The molecule has 0 spiro atoms. The van der Waals surface area contributed by atoms with Crippen molar-refractivity contribution in [1.29, 1.82) is 0 Å². The van der Waals surface area contributed by atoms with Gasteiger partial charge in [-0.2, -0.15) is 0 Å². The zero-order chi connectivity index (χ0) is 17.8. The lowest BCUT2D eigenvalue weighted by molar-refractivity contribution is -0.139. The number of carbonyl (C=O) groups excluding carboxylic acids is 1. The number of hydrogen-bond donors (Lipinski definition) is 0. The second-order valence-corrected chi connectivity index (χ2v) is 7.27. The first-order valence-corrected chi connectivity index (χ1v) is 9.32. The lowest BCUT2D eigenvalue weighted by Gasteiger charge is -2.37. The molecule has 1 atom stereocenters. The van der Waals surface area contributed by atoms with Crippen molar-refractivity contribution < 1.29 is 9.53 Å². The van der Waals surface area contributed by atoms with Crippen molar-refractivity contribution >= 4 is 21.8 Å². The van der Waals surface area contributed by atoms with E-state index in [1.807, 2.05) is 38.2 Å². The van der Waals surface area contributed by atoms with Crippen LogP contribution in [0, 0.1) is 0 Å². The lowest BCUT2D eigenvalue weighted by atomic mass is 10.1. The van der Waals surface area contributed by atoms with Gasteiger partial charge in [0, 0.05) is 31.2 Å². The molecular formula is C20H23BrN2O2. The number of halogens is 1. The first kappa shape index (κ1) is 18.0. The third-order valence-electron chi connectivity index (χ3n) is 4.68. The summed E-state index contributed by atoms with van der Waals surface area (Å²) in [6.07, 6.45) is 0. The summed E-state index contributed by atoms with van der Waals surface area (Å²) in [6, 6.07) is 16.3. The van der Waals surface area contributed by atoms with E-state index in [0.717, 1.165) is 35.4 Å². The normalized spacial score (nSPS) is 18.4. The van der Waals surface area contributed by atoms with Crippen LogP contribution in [0.3, 0.4) is 0 Å². The highest BCUT2D eigenvalue weighted by atomic mass is 79.9. The number of likely N-dealkylation sites (N-methyl/N-ethyl adjacent to an activating group) is 1. The Bertz CT molecular complexity index is 715. The number of carbonyl (C=O) groups is 1. The molecule has 1 amide bonds. The Morgan fingerprint density at radius 2 is 1.64 bits per heavy atom. The van der Waals surface area contributed by atoms with Crippen molar-refractivity contribution in [2.24, 2.45) is 0 Å². The zero-order valence-electron chi connectivity index (χ0n) is 14.6. The highest BCUT2D eigenvalue weighted by Crippen LogP contribution is 2.24. The molecule has 4 nitrogen and oxygen atoms in total. The molecule has 5 heteroatoms. The van der Waals surface area contributed by atoms with Gasteiger partial charge in [0.1, 0.15) is 12.4 Å². The smallest absolute Gasteiger partial charge is 0.239 e. The summed E-state index contributed by atoms with van der Waals surface area (Å²) in [4.78, 5) is 16.0. The molecule has 25 heavy (non-hydrogen) atoms. The minimum Gasteiger partial charge on any atom is -0.492 e. The molecule has 1 aliphatic heterocycles. The SMILES string of the molecule is C[C@@H]1C(=O)N(C)CCN1CCOc1ccc(-c2ccc(Br)cc2)cc1. The van der Waals surface area contributed by atoms with Crippen molar-refractivity contribution in [2.75, 3.05) is 33.3 Å². The number of benzene rings is 2. The fourth-order valence-electron chi connectivity index (χ4n) is 3.03. The number of hydrogen-bond acceptors (Lipinski definition) is 3. The van der Waals surface area contributed by atoms with Crippen LogP contribution in [0.1, 0.15) is 6.92 Å². The first-order chi connectivity index (χ1) is 12.0. The third-order valence-corrected chi connectivity index (χ3v) is 5.21. The molecular weight excluding hydrogens is 380 g/mol. The van der Waals surface area contributed by atoms with E-state index in [2.05, 4.69) is 45.1 Å². The second-order valence-electron chi connectivity index (χ2n) is 6.35. The minimum atomic E-state index is -0.0675. The van der Waals surface area contributed by atoms with Gasteiger partial charge < -0.3 is 9.64 Å². The van der Waals surface area contributed by atoms with Crippen LogP contribution in [0.5, 0.6) is 5.75 Å². The third kappa shape index (κ3) is 4.41. The van der Waals surface area contributed by atoms with Gasteiger partial charge in [0.2, 0.25) is 5.91 Å². The number of nitrogens with zero attached hydrogens (tertiary/aromatic N) is 2. The maximum atomic E-state index is 12.0. The van der Waals surface area contributed by atoms with Crippen LogP contribution in [0.4, 0.5) is 0 Å². The van der Waals surface area contributed by atoms with Gasteiger partial charge in [0.05, 0.1) is 6.04 Å². The van der Waals surface area contributed by atoms with Crippen molar-refractivity contribution in [3.05, 3.63) is 53.0 Å². The number of rotatable bonds is 5. The first-order valence-electron chi connectivity index (χ1n) is 8.52. The van der Waals surface area contributed by atoms with E-state index in [1.54, 1.807) is 4.90 Å². The van der Waals surface area contributed by atoms with E-state index >= 15 is 0 Å². The fraction of sp³-hybridized carbons (Fsp3) is 0.350. The predicted molar refractivity (Wildman–Crippen MR) is 104 cm³/mol. The lowest BCUT2D eigenvalue weighted by Crippen LogP contribution is -2.55. The molecule has 1 heterocycles. The summed E-state index contributed by atoms with van der Waals surface area (Å²) in [7, 11) is 1.86. The molecule has 1 saturated heterocycles. The van der Waals surface area contributed by atoms with Crippen molar-refractivity contribution in [3.8, 4) is 16.9 Å². The Morgan fingerprint density at radius 3 is 2.28 bits per heavy atom. The molecule has 1 fully saturated rings. The van der Waals surface area contributed by atoms with Gasteiger partial charge in [-0.05, 0) is 42.3 Å². The molecule has 0 bridgehead atoms. The molecule has 0 aliphatic carbocycles. The molecule has 0 aromatic heterocycles. The van der Waals surface area contributed by atoms with Crippen LogP contribution in [-0.4, -0.2) is 55.0 Å². The Hall–Kier alpha value is -1.85. The van der Waals surface area contributed by atoms with Crippen LogP contribution >= 0.6 is 15.9 Å². The molecule has 0 radical (unpaired) electrons. The predicted octanol–water partition coefficient (Wildman–Crippen LogP) is 3.66. The zero-order valence-corrected chi connectivity index (χ0v) is 16.2. The number of amides is 1. The van der Waals surface area contributed by atoms with Crippen LogP contribution in [0.15, 0.2) is 53.0 Å². The molecule has 3 rings (SSSR count). The molecule has 1 aliphatic rings. The monoisotopic (exact) mass is 402 g/mol. The quantitative estimate of drug-likeness (QED) is 0.764. The molecule has 0 saturated carbocycles. The van der Waals surface area contributed by atoms with E-state index in [9.17, 15) is 4.79 Å². The summed E-state index contributed by atoms with van der Waals surface area (Å²) in [5.74, 6) is 1.04. The van der Waals surface area contributed by atoms with E-state index in [4.69, 9.17) is 4.74 Å². The van der Waals surface area contributed by atoms with E-state index in [-0.39, 0.29) is 11.9 Å². The van der Waals surface area contributed by atoms with Gasteiger partial charge in [0.25, 0.3) is 0 Å². The summed E-state index contributed by atoms with van der Waals surface area (Å²) in [5, 5.41) is 0. The van der Waals surface area contributed by atoms with Crippen LogP contribution in [-0.2, 0) is 4.79 Å². The van der Waals surface area contributed by atoms with E-state index in [1.165, 1.54) is 5.56 Å². The molecule has 132 valence electrons. The Labute approximate surface area is 157 Å². The topological polar surface area (TPSA) is 32.8 Å². The van der Waals surface area contributed by atoms with Gasteiger partial charge in [-0.25, -0.2) is 0 Å². The second kappa shape index (κ2) is 8.02. The summed E-state index contributed by atoms with van der Waals surface area (Å²) >= 11 is 3.45.